The summed E-state index contributed by atoms with van der Waals surface area (Å²) in [4.78, 5) is 10.4. The number of nitro benzene ring substituents is 1. The lowest BCUT2D eigenvalue weighted by molar-refractivity contribution is -0.384. The van der Waals surface area contributed by atoms with E-state index in [2.05, 4.69) is 10.0 Å². The van der Waals surface area contributed by atoms with E-state index in [1.807, 2.05) is 0 Å². The Morgan fingerprint density at radius 2 is 1.50 bits per heavy atom. The van der Waals surface area contributed by atoms with Gasteiger partial charge in [-0.15, -0.1) is 0 Å². The van der Waals surface area contributed by atoms with Gasteiger partial charge in [-0.3, -0.25) is 19.2 Å². The van der Waals surface area contributed by atoms with Crippen LogP contribution in [0, 0.1) is 10.1 Å². The number of nitro groups is 1. The molecule has 0 aliphatic heterocycles. The molecule has 126 valence electrons. The van der Waals surface area contributed by atoms with Crippen LogP contribution in [-0.2, 0) is 20.2 Å². The van der Waals surface area contributed by atoms with E-state index in [-0.39, 0.29) is 0 Å². The maximum atomic E-state index is 11.5. The van der Waals surface area contributed by atoms with E-state index in [9.17, 15) is 36.1 Å². The first-order valence-corrected chi connectivity index (χ1v) is 8.59. The van der Waals surface area contributed by atoms with Crippen LogP contribution in [0.4, 0.5) is 11.4 Å². The number of benzene rings is 2. The highest BCUT2D eigenvalue weighted by Crippen LogP contribution is 2.36. The number of hydrogen-bond acceptors (Lipinski definition) is 7. The molecule has 0 fully saturated rings. The molecule has 12 nitrogen and oxygen atoms in total. The van der Waals surface area contributed by atoms with Crippen molar-refractivity contribution in [2.45, 2.75) is 9.79 Å². The third kappa shape index (κ3) is 3.27. The minimum absolute atomic E-state index is 0.392. The molecule has 0 spiro atoms. The fraction of sp³-hybridized carbons (Fsp3) is 0. The minimum atomic E-state index is -5.00. The molecule has 0 saturated heterocycles. The summed E-state index contributed by atoms with van der Waals surface area (Å²) in [6, 6.07) is 2.81. The molecule has 0 amide bonds. The average molecular weight is 374 g/mol. The van der Waals surface area contributed by atoms with Crippen molar-refractivity contribution in [2.75, 3.05) is 0 Å². The Bertz CT molecular complexity index is 1060. The number of nitrogens with zero attached hydrogens (tertiary/aromatic N) is 4. The number of hydrogen-bond donors (Lipinski definition) is 2. The SMILES string of the molecule is [N-]=[N+]=Nc1cc(S(=O)(=O)O)c2cc([N+](=O)[O-])cc(S(=O)(=O)O)c2c1. The summed E-state index contributed by atoms with van der Waals surface area (Å²) in [5, 5.41) is 13.0. The molecule has 0 aliphatic rings. The van der Waals surface area contributed by atoms with Crippen molar-refractivity contribution >= 4 is 42.4 Å². The molecule has 24 heavy (non-hydrogen) atoms. The van der Waals surface area contributed by atoms with Crippen molar-refractivity contribution in [2.24, 2.45) is 5.11 Å². The largest absolute Gasteiger partial charge is 0.295 e. The van der Waals surface area contributed by atoms with Crippen LogP contribution in [0.3, 0.4) is 0 Å². The predicted octanol–water partition coefficient (Wildman–Crippen LogP) is 2.18. The zero-order valence-electron chi connectivity index (χ0n) is 11.3. The van der Waals surface area contributed by atoms with E-state index in [0.29, 0.717) is 18.2 Å². The van der Waals surface area contributed by atoms with Crippen molar-refractivity contribution in [3.05, 3.63) is 44.8 Å². The van der Waals surface area contributed by atoms with Crippen molar-refractivity contribution in [1.29, 1.82) is 0 Å². The van der Waals surface area contributed by atoms with E-state index in [1.54, 1.807) is 0 Å². The third-order valence-electron chi connectivity index (χ3n) is 2.89. The highest BCUT2D eigenvalue weighted by atomic mass is 32.2. The summed E-state index contributed by atoms with van der Waals surface area (Å²) in [5.74, 6) is 0. The van der Waals surface area contributed by atoms with Gasteiger partial charge in [-0.25, -0.2) is 0 Å². The van der Waals surface area contributed by atoms with Crippen molar-refractivity contribution < 1.29 is 30.9 Å². The lowest BCUT2D eigenvalue weighted by Crippen LogP contribution is -2.04. The second-order valence-corrected chi connectivity index (χ2v) is 7.16. The molecule has 0 saturated carbocycles. The Morgan fingerprint density at radius 3 is 1.96 bits per heavy atom. The van der Waals surface area contributed by atoms with E-state index in [1.165, 1.54) is 0 Å². The molecule has 2 aromatic rings. The van der Waals surface area contributed by atoms with Gasteiger partial charge in [0.2, 0.25) is 0 Å². The second kappa shape index (κ2) is 5.70. The maximum Gasteiger partial charge on any atom is 0.295 e. The highest BCUT2D eigenvalue weighted by molar-refractivity contribution is 7.86. The van der Waals surface area contributed by atoms with Gasteiger partial charge >= 0.3 is 0 Å². The van der Waals surface area contributed by atoms with Crippen LogP contribution in [0.25, 0.3) is 21.2 Å². The highest BCUT2D eigenvalue weighted by Gasteiger charge is 2.25. The van der Waals surface area contributed by atoms with Crippen LogP contribution < -0.4 is 0 Å². The Hall–Kier alpha value is -2.77. The van der Waals surface area contributed by atoms with Gasteiger partial charge in [-0.2, -0.15) is 16.8 Å². The van der Waals surface area contributed by atoms with Crippen molar-refractivity contribution in [3.8, 4) is 0 Å². The first kappa shape index (κ1) is 17.6. The fourth-order valence-corrected chi connectivity index (χ4v) is 3.44. The quantitative estimate of drug-likeness (QED) is 0.202. The summed E-state index contributed by atoms with van der Waals surface area (Å²) < 4.78 is 64.4. The molecule has 2 aromatic carbocycles. The topological polar surface area (TPSA) is 201 Å². The van der Waals surface area contributed by atoms with Gasteiger partial charge in [0.15, 0.2) is 0 Å². The molecule has 0 radical (unpaired) electrons. The van der Waals surface area contributed by atoms with Crippen LogP contribution >= 0.6 is 0 Å². The smallest absolute Gasteiger partial charge is 0.282 e. The van der Waals surface area contributed by atoms with Gasteiger partial charge in [0.1, 0.15) is 9.79 Å². The lowest BCUT2D eigenvalue weighted by atomic mass is 10.1. The molecular weight excluding hydrogens is 368 g/mol. The monoisotopic (exact) mass is 374 g/mol. The molecule has 2 N–H and O–H groups in total. The fourth-order valence-electron chi connectivity index (χ4n) is 2.01. The zero-order valence-corrected chi connectivity index (χ0v) is 12.9. The molecule has 0 aliphatic carbocycles. The van der Waals surface area contributed by atoms with Gasteiger partial charge in [0, 0.05) is 33.5 Å². The molecule has 0 aromatic heterocycles. The molecule has 0 unspecified atom stereocenters. The first-order chi connectivity index (χ1) is 10.9. The summed E-state index contributed by atoms with van der Waals surface area (Å²) in [5.41, 5.74) is 7.19. The predicted molar refractivity (Wildman–Crippen MR) is 79.0 cm³/mol. The Kier molecular flexibility index (Phi) is 4.18. The van der Waals surface area contributed by atoms with Crippen LogP contribution in [0.1, 0.15) is 0 Å². The van der Waals surface area contributed by atoms with Gasteiger partial charge in [0.25, 0.3) is 25.9 Å². The molecule has 0 heterocycles. The molecule has 14 heteroatoms. The van der Waals surface area contributed by atoms with E-state index in [4.69, 9.17) is 5.53 Å². The van der Waals surface area contributed by atoms with Crippen LogP contribution in [0.2, 0.25) is 0 Å². The number of non-ortho nitro benzene ring substituents is 1. The van der Waals surface area contributed by atoms with Crippen molar-refractivity contribution in [3.63, 3.8) is 0 Å². The Labute approximate surface area is 133 Å². The number of azide groups is 1. The Balaban J connectivity index is 3.20. The molecule has 0 bridgehead atoms. The average Bonchev–Trinajstić information content (AvgIpc) is 2.43. The maximum absolute atomic E-state index is 11.5. The van der Waals surface area contributed by atoms with Crippen molar-refractivity contribution in [1.82, 2.24) is 0 Å². The molecular formula is C10H6N4O8S2. The first-order valence-electron chi connectivity index (χ1n) is 5.71. The number of rotatable bonds is 4. The molecule has 0 atom stereocenters. The van der Waals surface area contributed by atoms with E-state index < -0.39 is 57.1 Å². The van der Waals surface area contributed by atoms with Gasteiger partial charge in [-0.05, 0) is 17.7 Å². The van der Waals surface area contributed by atoms with Gasteiger partial charge < -0.3 is 0 Å². The van der Waals surface area contributed by atoms with E-state index >= 15 is 0 Å². The van der Waals surface area contributed by atoms with Gasteiger partial charge in [-0.1, -0.05) is 5.11 Å². The molecule has 2 rings (SSSR count). The summed E-state index contributed by atoms with van der Waals surface area (Å²) in [6.07, 6.45) is 0. The van der Waals surface area contributed by atoms with Crippen LogP contribution in [-0.4, -0.2) is 30.9 Å². The van der Waals surface area contributed by atoms with E-state index in [0.717, 1.165) is 6.07 Å². The Morgan fingerprint density at radius 1 is 1.00 bits per heavy atom. The number of fused-ring (bicyclic) bond motifs is 1. The summed E-state index contributed by atoms with van der Waals surface area (Å²) in [7, 11) is -9.95. The van der Waals surface area contributed by atoms with Crippen LogP contribution in [0.15, 0.2) is 39.2 Å². The van der Waals surface area contributed by atoms with Crippen LogP contribution in [0.5, 0.6) is 0 Å². The standard InChI is InChI=1S/C10H6N4O8S2/c11-13-12-5-1-7-8(9(2-5)23(17,18)19)3-6(14(15)16)4-10(7)24(20,21)22/h1-4H,(H,17,18,19)(H,20,21,22). The zero-order chi connectivity index (χ0) is 18.3. The third-order valence-corrected chi connectivity index (χ3v) is 4.68. The normalized spacial score (nSPS) is 11.9. The summed E-state index contributed by atoms with van der Waals surface area (Å²) >= 11 is 0. The lowest BCUT2D eigenvalue weighted by Gasteiger charge is -2.09. The second-order valence-electron chi connectivity index (χ2n) is 4.38. The van der Waals surface area contributed by atoms with Gasteiger partial charge in [0.05, 0.1) is 4.92 Å². The summed E-state index contributed by atoms with van der Waals surface area (Å²) in [6.45, 7) is 0. The minimum Gasteiger partial charge on any atom is -0.282 e.